The lowest BCUT2D eigenvalue weighted by Gasteiger charge is -2.32. The molecule has 1 saturated heterocycles. The van der Waals surface area contributed by atoms with Crippen LogP contribution in [0.2, 0.25) is 0 Å². The van der Waals surface area contributed by atoms with Gasteiger partial charge in [-0.2, -0.15) is 0 Å². The van der Waals surface area contributed by atoms with E-state index >= 15 is 0 Å². The summed E-state index contributed by atoms with van der Waals surface area (Å²) in [5, 5.41) is 10.5. The Balaban J connectivity index is 1.93. The van der Waals surface area contributed by atoms with E-state index in [1.54, 1.807) is 12.1 Å². The first kappa shape index (κ1) is 12.8. The number of benzene rings is 1. The topological polar surface area (TPSA) is 64.8 Å². The van der Waals surface area contributed by atoms with Crippen LogP contribution in [-0.2, 0) is 4.74 Å². The van der Waals surface area contributed by atoms with Crippen LogP contribution >= 0.6 is 0 Å². The molecule has 1 heterocycles. The molecule has 1 aliphatic rings. The summed E-state index contributed by atoms with van der Waals surface area (Å²) in [6.45, 7) is 5.08. The highest BCUT2D eigenvalue weighted by atomic mass is 16.6. The summed E-state index contributed by atoms with van der Waals surface area (Å²) in [6.07, 6.45) is -0.0599. The Morgan fingerprint density at radius 3 is 2.50 bits per heavy atom. The van der Waals surface area contributed by atoms with E-state index in [1.165, 1.54) is 12.1 Å². The van der Waals surface area contributed by atoms with Crippen LogP contribution in [0.5, 0.6) is 5.75 Å². The molecule has 98 valence electrons. The molecular weight excluding hydrogens is 236 g/mol. The number of morpholine rings is 1. The van der Waals surface area contributed by atoms with E-state index in [-0.39, 0.29) is 11.9 Å². The summed E-state index contributed by atoms with van der Waals surface area (Å²) in [6, 6.07) is 6.13. The van der Waals surface area contributed by atoms with Crippen LogP contribution < -0.4 is 4.74 Å². The zero-order chi connectivity index (χ0) is 13.0. The molecule has 0 spiro atoms. The van der Waals surface area contributed by atoms with Crippen molar-refractivity contribution in [1.82, 2.24) is 4.90 Å². The van der Waals surface area contributed by atoms with Gasteiger partial charge in [0.25, 0.3) is 5.69 Å². The molecule has 1 aromatic rings. The van der Waals surface area contributed by atoms with E-state index in [4.69, 9.17) is 9.47 Å². The van der Waals surface area contributed by atoms with Crippen molar-refractivity contribution >= 4 is 5.69 Å². The van der Waals surface area contributed by atoms with Gasteiger partial charge in [0, 0.05) is 25.2 Å². The molecule has 0 bridgehead atoms. The summed E-state index contributed by atoms with van der Waals surface area (Å²) in [5.41, 5.74) is 0.0707. The smallest absolute Gasteiger partial charge is 0.269 e. The Hall–Kier alpha value is -1.66. The molecule has 18 heavy (non-hydrogen) atoms. The predicted octanol–water partition coefficient (Wildman–Crippen LogP) is 1.65. The quantitative estimate of drug-likeness (QED) is 0.602. The van der Waals surface area contributed by atoms with Crippen molar-refractivity contribution in [2.24, 2.45) is 0 Å². The van der Waals surface area contributed by atoms with Crippen molar-refractivity contribution in [1.29, 1.82) is 0 Å². The minimum absolute atomic E-state index is 0.0599. The average molecular weight is 252 g/mol. The monoisotopic (exact) mass is 252 g/mol. The van der Waals surface area contributed by atoms with Crippen molar-refractivity contribution in [3.63, 3.8) is 0 Å². The van der Waals surface area contributed by atoms with Gasteiger partial charge in [0.1, 0.15) is 12.0 Å². The lowest BCUT2D eigenvalue weighted by Crippen LogP contribution is -2.44. The molecule has 0 amide bonds. The molecule has 1 aliphatic heterocycles. The maximum absolute atomic E-state index is 10.5. The SMILES string of the molecule is CC(Oc1ccc([N+](=O)[O-])cc1)N1CCOCC1. The van der Waals surface area contributed by atoms with Crippen molar-refractivity contribution in [2.75, 3.05) is 26.3 Å². The highest BCUT2D eigenvalue weighted by Gasteiger charge is 2.18. The molecule has 1 fully saturated rings. The molecule has 1 aromatic carbocycles. The van der Waals surface area contributed by atoms with Crippen LogP contribution in [0.4, 0.5) is 5.69 Å². The molecule has 1 atom stereocenters. The van der Waals surface area contributed by atoms with Gasteiger partial charge in [-0.3, -0.25) is 15.0 Å². The molecular formula is C12H16N2O4. The second kappa shape index (κ2) is 5.79. The number of non-ortho nitro benzene ring substituents is 1. The van der Waals surface area contributed by atoms with Gasteiger partial charge in [0.2, 0.25) is 0 Å². The standard InChI is InChI=1S/C12H16N2O4/c1-10(13-6-8-17-9-7-13)18-12-4-2-11(3-5-12)14(15)16/h2-5,10H,6-9H2,1H3. The lowest BCUT2D eigenvalue weighted by molar-refractivity contribution is -0.384. The summed E-state index contributed by atoms with van der Waals surface area (Å²) in [4.78, 5) is 12.3. The van der Waals surface area contributed by atoms with Crippen molar-refractivity contribution in [3.05, 3.63) is 34.4 Å². The van der Waals surface area contributed by atoms with Crippen LogP contribution in [0.15, 0.2) is 24.3 Å². The number of nitro benzene ring substituents is 1. The second-order valence-corrected chi connectivity index (χ2v) is 4.12. The Morgan fingerprint density at radius 2 is 1.94 bits per heavy atom. The van der Waals surface area contributed by atoms with Crippen molar-refractivity contribution < 1.29 is 14.4 Å². The third-order valence-electron chi connectivity index (χ3n) is 2.91. The van der Waals surface area contributed by atoms with Crippen LogP contribution in [0.25, 0.3) is 0 Å². The number of hydrogen-bond acceptors (Lipinski definition) is 5. The van der Waals surface area contributed by atoms with Gasteiger partial charge in [-0.25, -0.2) is 0 Å². The fourth-order valence-electron chi connectivity index (χ4n) is 1.86. The summed E-state index contributed by atoms with van der Waals surface area (Å²) in [7, 11) is 0. The number of hydrogen-bond donors (Lipinski definition) is 0. The summed E-state index contributed by atoms with van der Waals surface area (Å²) < 4.78 is 11.0. The highest BCUT2D eigenvalue weighted by molar-refractivity contribution is 5.36. The molecule has 0 N–H and O–H groups in total. The Morgan fingerprint density at radius 1 is 1.33 bits per heavy atom. The molecule has 0 aromatic heterocycles. The van der Waals surface area contributed by atoms with Gasteiger partial charge in [-0.1, -0.05) is 0 Å². The van der Waals surface area contributed by atoms with E-state index in [1.807, 2.05) is 6.92 Å². The maximum Gasteiger partial charge on any atom is 0.269 e. The Labute approximate surface area is 105 Å². The third-order valence-corrected chi connectivity index (χ3v) is 2.91. The lowest BCUT2D eigenvalue weighted by atomic mass is 10.3. The Bertz CT molecular complexity index is 401. The van der Waals surface area contributed by atoms with E-state index in [9.17, 15) is 10.1 Å². The third kappa shape index (κ3) is 3.18. The number of ether oxygens (including phenoxy) is 2. The minimum Gasteiger partial charge on any atom is -0.475 e. The molecule has 0 radical (unpaired) electrons. The van der Waals surface area contributed by atoms with Crippen LogP contribution in [-0.4, -0.2) is 42.4 Å². The van der Waals surface area contributed by atoms with Gasteiger partial charge in [-0.05, 0) is 19.1 Å². The molecule has 2 rings (SSSR count). The van der Waals surface area contributed by atoms with E-state index < -0.39 is 4.92 Å². The van der Waals surface area contributed by atoms with E-state index in [2.05, 4.69) is 4.90 Å². The molecule has 0 aliphatic carbocycles. The average Bonchev–Trinajstić information content (AvgIpc) is 2.40. The van der Waals surface area contributed by atoms with E-state index in [0.29, 0.717) is 19.0 Å². The van der Waals surface area contributed by atoms with Gasteiger partial charge >= 0.3 is 0 Å². The summed E-state index contributed by atoms with van der Waals surface area (Å²) in [5.74, 6) is 0.639. The highest BCUT2D eigenvalue weighted by Crippen LogP contribution is 2.19. The Kier molecular flexibility index (Phi) is 4.11. The predicted molar refractivity (Wildman–Crippen MR) is 65.6 cm³/mol. The first-order chi connectivity index (χ1) is 8.66. The summed E-state index contributed by atoms with van der Waals surface area (Å²) >= 11 is 0. The van der Waals surface area contributed by atoms with Crippen LogP contribution in [0.1, 0.15) is 6.92 Å². The molecule has 6 nitrogen and oxygen atoms in total. The first-order valence-electron chi connectivity index (χ1n) is 5.90. The number of nitrogens with zero attached hydrogens (tertiary/aromatic N) is 2. The fraction of sp³-hybridized carbons (Fsp3) is 0.500. The van der Waals surface area contributed by atoms with Gasteiger partial charge < -0.3 is 9.47 Å². The normalized spacial score (nSPS) is 18.3. The number of nitro groups is 1. The fourth-order valence-corrected chi connectivity index (χ4v) is 1.86. The zero-order valence-corrected chi connectivity index (χ0v) is 10.2. The first-order valence-corrected chi connectivity index (χ1v) is 5.90. The number of rotatable bonds is 4. The van der Waals surface area contributed by atoms with Gasteiger partial charge in [0.05, 0.1) is 18.1 Å². The molecule has 1 unspecified atom stereocenters. The van der Waals surface area contributed by atoms with E-state index in [0.717, 1.165) is 13.1 Å². The maximum atomic E-state index is 10.5. The van der Waals surface area contributed by atoms with Gasteiger partial charge in [0.15, 0.2) is 0 Å². The van der Waals surface area contributed by atoms with Crippen LogP contribution in [0.3, 0.4) is 0 Å². The van der Waals surface area contributed by atoms with Crippen LogP contribution in [0, 0.1) is 10.1 Å². The van der Waals surface area contributed by atoms with Crippen molar-refractivity contribution in [3.8, 4) is 5.75 Å². The zero-order valence-electron chi connectivity index (χ0n) is 10.2. The molecule has 0 saturated carbocycles. The minimum atomic E-state index is -0.421. The second-order valence-electron chi connectivity index (χ2n) is 4.12. The van der Waals surface area contributed by atoms with Gasteiger partial charge in [-0.15, -0.1) is 0 Å². The van der Waals surface area contributed by atoms with Crippen molar-refractivity contribution in [2.45, 2.75) is 13.2 Å². The molecule has 6 heteroatoms. The largest absolute Gasteiger partial charge is 0.475 e.